The maximum absolute atomic E-state index is 5.57. The molecule has 0 radical (unpaired) electrons. The summed E-state index contributed by atoms with van der Waals surface area (Å²) >= 11 is 2.08. The molecule has 0 aromatic heterocycles. The molecule has 0 aromatic rings. The van der Waals surface area contributed by atoms with Crippen molar-refractivity contribution in [1.29, 1.82) is 0 Å². The van der Waals surface area contributed by atoms with Crippen LogP contribution in [-0.2, 0) is 4.74 Å². The summed E-state index contributed by atoms with van der Waals surface area (Å²) in [4.78, 5) is 0. The summed E-state index contributed by atoms with van der Waals surface area (Å²) in [5, 5.41) is 5.00. The average molecular weight is 231 g/mol. The lowest BCUT2D eigenvalue weighted by Crippen LogP contribution is -2.31. The van der Waals surface area contributed by atoms with Crippen LogP contribution in [0.15, 0.2) is 0 Å². The maximum atomic E-state index is 5.57. The summed E-state index contributed by atoms with van der Waals surface area (Å²) in [6.45, 7) is 9.97. The van der Waals surface area contributed by atoms with Gasteiger partial charge in [0, 0.05) is 30.2 Å². The van der Waals surface area contributed by atoms with Gasteiger partial charge in [-0.1, -0.05) is 20.8 Å². The van der Waals surface area contributed by atoms with Gasteiger partial charge in [0.05, 0.1) is 6.10 Å². The highest BCUT2D eigenvalue weighted by Gasteiger charge is 2.15. The van der Waals surface area contributed by atoms with Gasteiger partial charge in [0.2, 0.25) is 0 Å². The van der Waals surface area contributed by atoms with E-state index in [4.69, 9.17) is 4.74 Å². The minimum Gasteiger partial charge on any atom is -0.377 e. The first-order valence-electron chi connectivity index (χ1n) is 6.20. The van der Waals surface area contributed by atoms with Crippen LogP contribution < -0.4 is 5.32 Å². The molecule has 90 valence electrons. The standard InChI is InChI=1S/C12H25NOS/c1-4-10(2)15-11(3)8-13-9-12-6-5-7-14-12/h10-13H,4-9H2,1-3H3. The maximum Gasteiger partial charge on any atom is 0.0700 e. The molecular formula is C12H25NOS. The van der Waals surface area contributed by atoms with Crippen molar-refractivity contribution in [3.8, 4) is 0 Å². The molecule has 0 aromatic carbocycles. The van der Waals surface area contributed by atoms with Gasteiger partial charge < -0.3 is 10.1 Å². The Bertz CT molecular complexity index is 160. The van der Waals surface area contributed by atoms with Crippen molar-refractivity contribution in [2.75, 3.05) is 19.7 Å². The molecule has 0 amide bonds. The Morgan fingerprint density at radius 2 is 2.20 bits per heavy atom. The average Bonchev–Trinajstić information content (AvgIpc) is 2.70. The molecule has 1 fully saturated rings. The molecule has 15 heavy (non-hydrogen) atoms. The summed E-state index contributed by atoms with van der Waals surface area (Å²) < 4.78 is 5.57. The SMILES string of the molecule is CCC(C)SC(C)CNCC1CCCO1. The van der Waals surface area contributed by atoms with Crippen molar-refractivity contribution in [2.24, 2.45) is 0 Å². The second-order valence-electron chi connectivity index (χ2n) is 4.46. The third kappa shape index (κ3) is 5.79. The fraction of sp³-hybridized carbons (Fsp3) is 1.00. The zero-order chi connectivity index (χ0) is 11.1. The number of ether oxygens (including phenoxy) is 1. The van der Waals surface area contributed by atoms with Gasteiger partial charge in [-0.05, 0) is 19.3 Å². The first-order chi connectivity index (χ1) is 7.22. The second kappa shape index (κ2) is 7.53. The van der Waals surface area contributed by atoms with E-state index < -0.39 is 0 Å². The van der Waals surface area contributed by atoms with Crippen molar-refractivity contribution < 1.29 is 4.74 Å². The van der Waals surface area contributed by atoms with E-state index in [1.165, 1.54) is 19.3 Å². The zero-order valence-corrected chi connectivity index (χ0v) is 11.1. The highest BCUT2D eigenvalue weighted by molar-refractivity contribution is 8.00. The minimum atomic E-state index is 0.478. The van der Waals surface area contributed by atoms with E-state index in [2.05, 4.69) is 37.8 Å². The van der Waals surface area contributed by atoms with Gasteiger partial charge in [-0.3, -0.25) is 0 Å². The predicted molar refractivity (Wildman–Crippen MR) is 68.6 cm³/mol. The lowest BCUT2D eigenvalue weighted by molar-refractivity contribution is 0.110. The molecule has 3 heteroatoms. The Balaban J connectivity index is 1.98. The summed E-state index contributed by atoms with van der Waals surface area (Å²) in [6, 6.07) is 0. The van der Waals surface area contributed by atoms with E-state index in [1.807, 2.05) is 0 Å². The predicted octanol–water partition coefficient (Wildman–Crippen LogP) is 2.68. The van der Waals surface area contributed by atoms with Crippen LogP contribution in [-0.4, -0.2) is 36.3 Å². The third-order valence-corrected chi connectivity index (χ3v) is 4.30. The number of hydrogen-bond acceptors (Lipinski definition) is 3. The van der Waals surface area contributed by atoms with Crippen molar-refractivity contribution in [1.82, 2.24) is 5.32 Å². The van der Waals surface area contributed by atoms with E-state index in [-0.39, 0.29) is 0 Å². The molecule has 3 atom stereocenters. The smallest absolute Gasteiger partial charge is 0.0700 e. The van der Waals surface area contributed by atoms with Gasteiger partial charge in [-0.2, -0.15) is 11.8 Å². The highest BCUT2D eigenvalue weighted by atomic mass is 32.2. The van der Waals surface area contributed by atoms with Crippen molar-refractivity contribution in [3.63, 3.8) is 0 Å². The summed E-state index contributed by atoms with van der Waals surface area (Å²) in [7, 11) is 0. The van der Waals surface area contributed by atoms with Crippen LogP contribution in [0.1, 0.15) is 40.0 Å². The van der Waals surface area contributed by atoms with Crippen LogP contribution >= 0.6 is 11.8 Å². The number of hydrogen-bond donors (Lipinski definition) is 1. The Morgan fingerprint density at radius 1 is 1.40 bits per heavy atom. The van der Waals surface area contributed by atoms with Crippen LogP contribution in [0.25, 0.3) is 0 Å². The largest absolute Gasteiger partial charge is 0.377 e. The Labute approximate surface area is 98.5 Å². The minimum absolute atomic E-state index is 0.478. The quantitative estimate of drug-likeness (QED) is 0.728. The normalized spacial score (nSPS) is 25.4. The van der Waals surface area contributed by atoms with E-state index in [1.54, 1.807) is 0 Å². The molecular weight excluding hydrogens is 206 g/mol. The van der Waals surface area contributed by atoms with E-state index in [0.717, 1.165) is 24.9 Å². The lowest BCUT2D eigenvalue weighted by atomic mass is 10.2. The summed E-state index contributed by atoms with van der Waals surface area (Å²) in [5.74, 6) is 0. The van der Waals surface area contributed by atoms with E-state index in [0.29, 0.717) is 11.4 Å². The Kier molecular flexibility index (Phi) is 6.69. The van der Waals surface area contributed by atoms with Crippen LogP contribution in [0.5, 0.6) is 0 Å². The fourth-order valence-electron chi connectivity index (χ4n) is 1.79. The molecule has 3 unspecified atom stereocenters. The van der Waals surface area contributed by atoms with Crippen LogP contribution in [0, 0.1) is 0 Å². The van der Waals surface area contributed by atoms with Crippen LogP contribution in [0.2, 0.25) is 0 Å². The van der Waals surface area contributed by atoms with E-state index >= 15 is 0 Å². The van der Waals surface area contributed by atoms with Crippen molar-refractivity contribution in [2.45, 2.75) is 56.6 Å². The molecule has 2 nitrogen and oxygen atoms in total. The van der Waals surface area contributed by atoms with Gasteiger partial charge in [0.25, 0.3) is 0 Å². The van der Waals surface area contributed by atoms with Crippen LogP contribution in [0.4, 0.5) is 0 Å². The summed E-state index contributed by atoms with van der Waals surface area (Å²) in [5.41, 5.74) is 0. The molecule has 0 aliphatic carbocycles. The fourth-order valence-corrected chi connectivity index (χ4v) is 2.99. The van der Waals surface area contributed by atoms with Gasteiger partial charge >= 0.3 is 0 Å². The molecule has 0 saturated carbocycles. The molecule has 1 aliphatic heterocycles. The van der Waals surface area contributed by atoms with Gasteiger partial charge in [0.15, 0.2) is 0 Å². The lowest BCUT2D eigenvalue weighted by Gasteiger charge is -2.17. The topological polar surface area (TPSA) is 21.3 Å². The molecule has 1 aliphatic rings. The molecule has 0 bridgehead atoms. The first-order valence-corrected chi connectivity index (χ1v) is 7.14. The third-order valence-electron chi connectivity index (χ3n) is 2.87. The molecule has 0 spiro atoms. The molecule has 1 saturated heterocycles. The van der Waals surface area contributed by atoms with Crippen LogP contribution in [0.3, 0.4) is 0 Å². The Morgan fingerprint density at radius 3 is 2.80 bits per heavy atom. The number of nitrogens with one attached hydrogen (secondary N) is 1. The molecule has 1 heterocycles. The van der Waals surface area contributed by atoms with E-state index in [9.17, 15) is 0 Å². The van der Waals surface area contributed by atoms with Gasteiger partial charge in [-0.25, -0.2) is 0 Å². The number of rotatable bonds is 7. The van der Waals surface area contributed by atoms with Crippen molar-refractivity contribution >= 4 is 11.8 Å². The zero-order valence-electron chi connectivity index (χ0n) is 10.3. The van der Waals surface area contributed by atoms with Gasteiger partial charge in [-0.15, -0.1) is 0 Å². The Hall–Kier alpha value is 0.270. The monoisotopic (exact) mass is 231 g/mol. The number of thioether (sulfide) groups is 1. The highest BCUT2D eigenvalue weighted by Crippen LogP contribution is 2.19. The summed E-state index contributed by atoms with van der Waals surface area (Å²) in [6.07, 6.45) is 4.22. The second-order valence-corrected chi connectivity index (χ2v) is 6.34. The molecule has 1 N–H and O–H groups in total. The first kappa shape index (κ1) is 13.3. The van der Waals surface area contributed by atoms with Crippen molar-refractivity contribution in [3.05, 3.63) is 0 Å². The van der Waals surface area contributed by atoms with Gasteiger partial charge in [0.1, 0.15) is 0 Å². The molecule has 1 rings (SSSR count).